The summed E-state index contributed by atoms with van der Waals surface area (Å²) >= 11 is 5.27. The number of unbranched alkanes of at least 4 members (excludes halogenated alkanes) is 3. The smallest absolute Gasteiger partial charge is 0.753 e. The third-order valence-electron chi connectivity index (χ3n) is 9.00. The van der Waals surface area contributed by atoms with Gasteiger partial charge in [0.2, 0.25) is 0 Å². The molecule has 2 N–H and O–H groups in total. The number of nitrogens with zero attached hydrogens (tertiary/aromatic N) is 5. The van der Waals surface area contributed by atoms with Crippen LogP contribution in [-0.2, 0) is 49.8 Å². The van der Waals surface area contributed by atoms with Crippen LogP contribution >= 0.6 is 23.6 Å². The van der Waals surface area contributed by atoms with Crippen molar-refractivity contribution in [3.63, 3.8) is 0 Å². The summed E-state index contributed by atoms with van der Waals surface area (Å²) in [5, 5.41) is 17.5. The Balaban J connectivity index is 0.000000349. The molecule has 0 bridgehead atoms. The van der Waals surface area contributed by atoms with Crippen LogP contribution in [0.5, 0.6) is 5.75 Å². The number of carbonyl (C=O) groups excluding carboxylic acids is 3. The van der Waals surface area contributed by atoms with Gasteiger partial charge in [-0.25, -0.2) is 4.98 Å². The second-order valence-electron chi connectivity index (χ2n) is 13.5. The molecule has 0 fully saturated rings. The van der Waals surface area contributed by atoms with E-state index in [1.54, 1.807) is 90.5 Å². The number of hydrogen-bond acceptors (Lipinski definition) is 13. The molecule has 5 aromatic heterocycles. The second-order valence-corrected chi connectivity index (χ2v) is 14.6. The van der Waals surface area contributed by atoms with Gasteiger partial charge in [-0.15, -0.1) is 17.0 Å². The normalized spacial score (nSPS) is 10.9. The van der Waals surface area contributed by atoms with Crippen molar-refractivity contribution < 1.29 is 61.2 Å². The van der Waals surface area contributed by atoms with E-state index in [1.165, 1.54) is 48.7 Å². The molecule has 13 nitrogen and oxygen atoms in total. The Morgan fingerprint density at radius 2 is 1.40 bits per heavy atom. The molecule has 5 heterocycles. The number of nitrogens with one attached hydrogen (secondary N) is 2. The van der Waals surface area contributed by atoms with Gasteiger partial charge in [0.15, 0.2) is 0 Å². The molecule has 6 rings (SSSR count). The quantitative estimate of drug-likeness (QED) is 0.0202. The Kier molecular flexibility index (Phi) is 23.2. The van der Waals surface area contributed by atoms with E-state index in [2.05, 4.69) is 49.6 Å². The summed E-state index contributed by atoms with van der Waals surface area (Å²) in [4.78, 5) is 50.5. The van der Waals surface area contributed by atoms with Crippen molar-refractivity contribution in [2.75, 3.05) is 0 Å². The van der Waals surface area contributed by atoms with Crippen molar-refractivity contribution in [3.05, 3.63) is 155 Å². The second kappa shape index (κ2) is 28.7. The van der Waals surface area contributed by atoms with E-state index in [0.717, 1.165) is 45.5 Å². The van der Waals surface area contributed by atoms with Crippen molar-refractivity contribution in [3.8, 4) is 50.1 Å². The fourth-order valence-corrected chi connectivity index (χ4v) is 6.95. The Morgan fingerprint density at radius 3 is 1.97 bits per heavy atom. The van der Waals surface area contributed by atoms with Crippen LogP contribution in [-0.4, -0.2) is 56.4 Å². The summed E-state index contributed by atoms with van der Waals surface area (Å²) in [6.07, 6.45) is 11.9. The number of aromatic nitrogens is 4. The van der Waals surface area contributed by atoms with Crippen LogP contribution < -0.4 is 4.74 Å². The minimum atomic E-state index is -4.76. The summed E-state index contributed by atoms with van der Waals surface area (Å²) in [5.74, 6) is 0.397. The van der Waals surface area contributed by atoms with Gasteiger partial charge in [-0.1, -0.05) is 50.5 Å². The number of ether oxygens (including phenoxy) is 3. The van der Waals surface area contributed by atoms with Gasteiger partial charge in [-0.2, -0.15) is 18.3 Å². The van der Waals surface area contributed by atoms with Crippen LogP contribution in [0.1, 0.15) is 55.0 Å². The fraction of sp³-hybridized carbons (Fsp3) is 0.146. The van der Waals surface area contributed by atoms with Crippen LogP contribution in [0.15, 0.2) is 121 Å². The van der Waals surface area contributed by atoms with Crippen molar-refractivity contribution in [2.24, 2.45) is 0 Å². The summed E-state index contributed by atoms with van der Waals surface area (Å²) in [6.45, 7) is 3.20. The molecule has 1 aromatic carbocycles. The maximum Gasteiger partial charge on any atom is 2.00 e. The average molecular weight is 1030 g/mol. The molecular weight excluding hydrogens is 993 g/mol. The number of carbonyl (C=O) groups is 3. The molecule has 19 heteroatoms. The minimum Gasteiger partial charge on any atom is -0.753 e. The number of benzene rings is 1. The molecular formula is C48H40F3N7O6RuS2. The molecule has 0 radical (unpaired) electrons. The zero-order chi connectivity index (χ0) is 47.7. The van der Waals surface area contributed by atoms with E-state index in [4.69, 9.17) is 26.3 Å². The van der Waals surface area contributed by atoms with Crippen LogP contribution in [0.25, 0.3) is 73.3 Å². The Bertz CT molecular complexity index is 2640. The standard InChI is InChI=1S/C28H19N3O6.C19H21F3N3S.CNS.Ru/c32-17-35-10-6-20-4-8-29-25(12-20)27-15-23(22-2-1-3-24(14-22)37-19-34)16-28(31-27)26-13-21(5-9-30-26)7-11-36-18-33;1-2-3-4-5-6-13-8-10-26-18(13)14-7-9-25-16(11-14)15(23)12-17(24)19(20,21)22;2-1-3;/h1-19H;7-12,23-24H,2-6H2,1H3;;/q;2*-1;+2/b10-6+,11-7+;15-12-,24-17?;;. The molecule has 0 aliphatic heterocycles. The third kappa shape index (κ3) is 17.6. The van der Waals surface area contributed by atoms with E-state index < -0.39 is 17.6 Å². The molecule has 0 saturated heterocycles. The van der Waals surface area contributed by atoms with E-state index in [-0.39, 0.29) is 25.2 Å². The van der Waals surface area contributed by atoms with Gasteiger partial charge in [-0.3, -0.25) is 34.7 Å². The van der Waals surface area contributed by atoms with E-state index in [9.17, 15) is 27.6 Å². The minimum absolute atomic E-state index is 0. The molecule has 67 heavy (non-hydrogen) atoms. The van der Waals surface area contributed by atoms with Crippen molar-refractivity contribution in [1.82, 2.24) is 19.9 Å². The molecule has 6 aromatic rings. The van der Waals surface area contributed by atoms with Gasteiger partial charge < -0.3 is 25.4 Å². The first-order valence-electron chi connectivity index (χ1n) is 19.7. The number of thiophene rings is 1. The van der Waals surface area contributed by atoms with Gasteiger partial charge in [0.1, 0.15) is 11.5 Å². The zero-order valence-electron chi connectivity index (χ0n) is 35.5. The van der Waals surface area contributed by atoms with Crippen LogP contribution in [0.2, 0.25) is 0 Å². The van der Waals surface area contributed by atoms with Gasteiger partial charge in [0.05, 0.1) is 35.3 Å². The van der Waals surface area contributed by atoms with E-state index in [0.29, 0.717) is 54.0 Å². The van der Waals surface area contributed by atoms with Gasteiger partial charge in [0.25, 0.3) is 19.4 Å². The number of pyridine rings is 4. The molecule has 344 valence electrons. The van der Waals surface area contributed by atoms with Crippen LogP contribution in [0.3, 0.4) is 0 Å². The molecule has 0 saturated carbocycles. The molecule has 0 unspecified atom stereocenters. The fourth-order valence-electron chi connectivity index (χ4n) is 5.99. The number of isothiocyanates is 1. The third-order valence-corrected chi connectivity index (χ3v) is 10.0. The average Bonchev–Trinajstić information content (AvgIpc) is 3.80. The summed E-state index contributed by atoms with van der Waals surface area (Å²) in [7, 11) is 0. The first-order chi connectivity index (χ1) is 31.9. The van der Waals surface area contributed by atoms with Crippen molar-refractivity contribution in [2.45, 2.75) is 45.2 Å². The number of halogens is 3. The first kappa shape index (κ1) is 54.2. The molecule has 0 aliphatic carbocycles. The Hall–Kier alpha value is -7.17. The maximum atomic E-state index is 12.5. The monoisotopic (exact) mass is 1030 g/mol. The zero-order valence-corrected chi connectivity index (χ0v) is 38.8. The van der Waals surface area contributed by atoms with Gasteiger partial charge in [-0.05, 0) is 137 Å². The maximum absolute atomic E-state index is 12.5. The molecule has 0 atom stereocenters. The predicted octanol–water partition coefficient (Wildman–Crippen LogP) is 12.3. The number of aryl methyl sites for hydroxylation is 1. The predicted molar refractivity (Wildman–Crippen MR) is 253 cm³/mol. The van der Waals surface area contributed by atoms with Crippen LogP contribution in [0.4, 0.5) is 13.2 Å². The summed E-state index contributed by atoms with van der Waals surface area (Å²) in [5.41, 5.74) is 13.4. The molecule has 0 amide bonds. The van der Waals surface area contributed by atoms with E-state index >= 15 is 0 Å². The summed E-state index contributed by atoms with van der Waals surface area (Å²) < 4.78 is 51.7. The largest absolute Gasteiger partial charge is 2.00 e. The Labute approximate surface area is 406 Å². The first-order valence-corrected chi connectivity index (χ1v) is 21.0. The van der Waals surface area contributed by atoms with E-state index in [1.807, 2.05) is 23.6 Å². The van der Waals surface area contributed by atoms with Crippen molar-refractivity contribution >= 4 is 71.7 Å². The topological polar surface area (TPSA) is 200 Å². The number of allylic oxidation sites excluding steroid dienone is 1. The number of alkyl halides is 3. The number of rotatable bonds is 19. The Morgan fingerprint density at radius 1 is 0.791 bits per heavy atom. The SMILES string of the molecule is CCCCCCc1ccsc1-c1ccnc(/C([NH-])=C/C(=N)C(F)(F)F)c1.O=CO/C=C/c1ccnc(-c2cc(-c3cccc(OC=O)c3)cc(-c3cc(/C=C/OC=O)ccn3)n2)c1.[N-]=C=S.[Ru+2]. The molecule has 0 aliphatic rings. The number of hydrogen-bond donors (Lipinski definition) is 1. The molecule has 0 spiro atoms. The van der Waals surface area contributed by atoms with Crippen LogP contribution in [0, 0.1) is 5.41 Å². The van der Waals surface area contributed by atoms with Crippen molar-refractivity contribution in [1.29, 1.82) is 5.41 Å². The van der Waals surface area contributed by atoms with Gasteiger partial charge in [0, 0.05) is 29.2 Å². The number of thiocarbonyl (C=S) groups is 1. The van der Waals surface area contributed by atoms with Gasteiger partial charge >= 0.3 is 25.7 Å². The summed E-state index contributed by atoms with van der Waals surface area (Å²) in [6, 6.07) is 23.4.